The van der Waals surface area contributed by atoms with Crippen LogP contribution in [0.5, 0.6) is 0 Å². The average molecular weight is 232 g/mol. The SMILES string of the molecule is CCCNC(=O)N1C(=O)C(=O)c2ccccc21. The van der Waals surface area contributed by atoms with Crippen molar-refractivity contribution in [3.05, 3.63) is 29.8 Å². The molecule has 0 spiro atoms. The smallest absolute Gasteiger partial charge is 0.329 e. The van der Waals surface area contributed by atoms with Gasteiger partial charge in [0, 0.05) is 6.54 Å². The maximum atomic E-state index is 11.8. The van der Waals surface area contributed by atoms with Gasteiger partial charge in [0.15, 0.2) is 0 Å². The molecular formula is C12H12N2O3. The summed E-state index contributed by atoms with van der Waals surface area (Å²) in [6.07, 6.45) is 0.767. The molecule has 1 N–H and O–H groups in total. The number of imide groups is 1. The lowest BCUT2D eigenvalue weighted by Crippen LogP contribution is -2.43. The third-order valence-corrected chi connectivity index (χ3v) is 2.52. The van der Waals surface area contributed by atoms with E-state index in [9.17, 15) is 14.4 Å². The standard InChI is InChI=1S/C12H12N2O3/c1-2-7-13-12(17)14-9-6-4-3-5-8(9)10(15)11(14)16/h3-6H,2,7H2,1H3,(H,13,17). The molecule has 0 fully saturated rings. The number of Topliss-reactive ketones (excluding diaryl/α,β-unsaturated/α-hetero) is 1. The number of carbonyl (C=O) groups is 3. The molecular weight excluding hydrogens is 220 g/mol. The van der Waals surface area contributed by atoms with Gasteiger partial charge in [0.25, 0.3) is 5.78 Å². The summed E-state index contributed by atoms with van der Waals surface area (Å²) in [5.41, 5.74) is 0.639. The minimum atomic E-state index is -0.792. The summed E-state index contributed by atoms with van der Waals surface area (Å²) in [6.45, 7) is 2.38. The monoisotopic (exact) mass is 232 g/mol. The quantitative estimate of drug-likeness (QED) is 0.782. The molecule has 1 aromatic carbocycles. The third-order valence-electron chi connectivity index (χ3n) is 2.52. The Morgan fingerprint density at radius 2 is 2.00 bits per heavy atom. The van der Waals surface area contributed by atoms with Gasteiger partial charge in [0.05, 0.1) is 11.3 Å². The highest BCUT2D eigenvalue weighted by Gasteiger charge is 2.39. The molecule has 1 aromatic rings. The van der Waals surface area contributed by atoms with Crippen molar-refractivity contribution in [2.75, 3.05) is 11.4 Å². The van der Waals surface area contributed by atoms with Crippen LogP contribution in [-0.4, -0.2) is 24.3 Å². The lowest BCUT2D eigenvalue weighted by molar-refractivity contribution is -0.113. The second-order valence-corrected chi connectivity index (χ2v) is 3.72. The highest BCUT2D eigenvalue weighted by molar-refractivity contribution is 6.56. The van der Waals surface area contributed by atoms with Gasteiger partial charge >= 0.3 is 11.9 Å². The number of fused-ring (bicyclic) bond motifs is 1. The van der Waals surface area contributed by atoms with Crippen LogP contribution in [0.2, 0.25) is 0 Å². The van der Waals surface area contributed by atoms with Crippen LogP contribution in [0, 0.1) is 0 Å². The molecule has 0 saturated heterocycles. The molecule has 0 aromatic heterocycles. The first-order valence-corrected chi connectivity index (χ1v) is 5.42. The molecule has 0 atom stereocenters. The number of urea groups is 1. The fraction of sp³-hybridized carbons (Fsp3) is 0.250. The van der Waals surface area contributed by atoms with E-state index in [1.807, 2.05) is 6.92 Å². The molecule has 0 radical (unpaired) electrons. The summed E-state index contributed by atoms with van der Waals surface area (Å²) < 4.78 is 0. The molecule has 1 heterocycles. The van der Waals surface area contributed by atoms with Crippen LogP contribution < -0.4 is 10.2 Å². The van der Waals surface area contributed by atoms with Gasteiger partial charge in [-0.05, 0) is 18.6 Å². The minimum absolute atomic E-state index is 0.282. The van der Waals surface area contributed by atoms with E-state index in [1.165, 1.54) is 0 Å². The van der Waals surface area contributed by atoms with Crippen LogP contribution in [0.3, 0.4) is 0 Å². The molecule has 1 aliphatic heterocycles. The second-order valence-electron chi connectivity index (χ2n) is 3.72. The highest BCUT2D eigenvalue weighted by atomic mass is 16.2. The Kier molecular flexibility index (Phi) is 2.91. The van der Waals surface area contributed by atoms with Gasteiger partial charge < -0.3 is 5.32 Å². The molecule has 5 heteroatoms. The van der Waals surface area contributed by atoms with Gasteiger partial charge in [0.2, 0.25) is 0 Å². The van der Waals surface area contributed by atoms with E-state index in [4.69, 9.17) is 0 Å². The summed E-state index contributed by atoms with van der Waals surface area (Å²) >= 11 is 0. The number of nitrogens with one attached hydrogen (secondary N) is 1. The van der Waals surface area contributed by atoms with E-state index in [1.54, 1.807) is 24.3 Å². The number of hydrogen-bond donors (Lipinski definition) is 1. The van der Waals surface area contributed by atoms with Crippen molar-refractivity contribution in [1.82, 2.24) is 5.32 Å². The number of nitrogens with zero attached hydrogens (tertiary/aromatic N) is 1. The molecule has 0 aliphatic carbocycles. The van der Waals surface area contributed by atoms with Crippen LogP contribution >= 0.6 is 0 Å². The Labute approximate surface area is 98.4 Å². The van der Waals surface area contributed by atoms with Crippen LogP contribution in [-0.2, 0) is 4.79 Å². The van der Waals surface area contributed by atoms with Crippen molar-refractivity contribution < 1.29 is 14.4 Å². The van der Waals surface area contributed by atoms with Crippen molar-refractivity contribution in [2.24, 2.45) is 0 Å². The molecule has 1 aliphatic rings. The number of anilines is 1. The zero-order valence-electron chi connectivity index (χ0n) is 9.40. The highest BCUT2D eigenvalue weighted by Crippen LogP contribution is 2.28. The van der Waals surface area contributed by atoms with Crippen molar-refractivity contribution in [1.29, 1.82) is 0 Å². The van der Waals surface area contributed by atoms with E-state index in [-0.39, 0.29) is 5.56 Å². The maximum Gasteiger partial charge on any atom is 0.329 e. The van der Waals surface area contributed by atoms with Crippen molar-refractivity contribution in [3.8, 4) is 0 Å². The first-order chi connectivity index (χ1) is 8.16. The Morgan fingerprint density at radius 3 is 2.71 bits per heavy atom. The lowest BCUT2D eigenvalue weighted by atomic mass is 10.1. The topological polar surface area (TPSA) is 66.5 Å². The second kappa shape index (κ2) is 4.37. The van der Waals surface area contributed by atoms with E-state index in [2.05, 4.69) is 5.32 Å². The lowest BCUT2D eigenvalue weighted by Gasteiger charge is -2.14. The number of benzene rings is 1. The van der Waals surface area contributed by atoms with Gasteiger partial charge in [-0.3, -0.25) is 9.59 Å². The molecule has 0 saturated carbocycles. The van der Waals surface area contributed by atoms with Crippen LogP contribution in [0.1, 0.15) is 23.7 Å². The van der Waals surface area contributed by atoms with Gasteiger partial charge in [-0.1, -0.05) is 19.1 Å². The number of ketones is 1. The predicted molar refractivity (Wildman–Crippen MR) is 61.9 cm³/mol. The van der Waals surface area contributed by atoms with Crippen molar-refractivity contribution in [3.63, 3.8) is 0 Å². The summed E-state index contributed by atoms with van der Waals surface area (Å²) in [6, 6.07) is 5.93. The number of para-hydroxylation sites is 1. The van der Waals surface area contributed by atoms with Crippen molar-refractivity contribution in [2.45, 2.75) is 13.3 Å². The third kappa shape index (κ3) is 1.80. The number of amides is 3. The molecule has 0 unspecified atom stereocenters. The first-order valence-electron chi connectivity index (χ1n) is 5.42. The van der Waals surface area contributed by atoms with Crippen LogP contribution in [0.4, 0.5) is 10.5 Å². The fourth-order valence-corrected chi connectivity index (χ4v) is 1.70. The predicted octanol–water partition coefficient (Wildman–Crippen LogP) is 1.34. The van der Waals surface area contributed by atoms with Gasteiger partial charge in [-0.2, -0.15) is 0 Å². The summed E-state index contributed by atoms with van der Waals surface area (Å²) in [7, 11) is 0. The molecule has 88 valence electrons. The van der Waals surface area contributed by atoms with Gasteiger partial charge in [-0.25, -0.2) is 9.69 Å². The summed E-state index contributed by atoms with van der Waals surface area (Å²) in [5, 5.41) is 2.58. The fourth-order valence-electron chi connectivity index (χ4n) is 1.70. The largest absolute Gasteiger partial charge is 0.337 e. The molecule has 2 rings (SSSR count). The zero-order valence-corrected chi connectivity index (χ0v) is 9.40. The van der Waals surface area contributed by atoms with Crippen molar-refractivity contribution >= 4 is 23.4 Å². The van der Waals surface area contributed by atoms with Gasteiger partial charge in [0.1, 0.15) is 0 Å². The zero-order chi connectivity index (χ0) is 12.4. The van der Waals surface area contributed by atoms with Crippen LogP contribution in [0.15, 0.2) is 24.3 Å². The number of hydrogen-bond acceptors (Lipinski definition) is 3. The minimum Gasteiger partial charge on any atom is -0.337 e. The van der Waals surface area contributed by atoms with Gasteiger partial charge in [-0.15, -0.1) is 0 Å². The normalized spacial score (nSPS) is 13.8. The molecule has 0 bridgehead atoms. The van der Waals surface area contributed by atoms with E-state index in [0.717, 1.165) is 11.3 Å². The Hall–Kier alpha value is -2.17. The van der Waals surface area contributed by atoms with E-state index < -0.39 is 17.7 Å². The maximum absolute atomic E-state index is 11.8. The molecule has 3 amide bonds. The Morgan fingerprint density at radius 1 is 1.29 bits per heavy atom. The summed E-state index contributed by atoms with van der Waals surface area (Å²) in [4.78, 5) is 36.0. The van der Waals surface area contributed by atoms with Crippen LogP contribution in [0.25, 0.3) is 0 Å². The number of rotatable bonds is 2. The Balaban J connectivity index is 2.33. The van der Waals surface area contributed by atoms with E-state index in [0.29, 0.717) is 12.2 Å². The summed E-state index contributed by atoms with van der Waals surface area (Å²) in [5.74, 6) is -1.42. The van der Waals surface area contributed by atoms with E-state index >= 15 is 0 Å². The molecule has 17 heavy (non-hydrogen) atoms. The first kappa shape index (κ1) is 11.3. The number of carbonyl (C=O) groups excluding carboxylic acids is 3. The molecule has 5 nitrogen and oxygen atoms in total. The average Bonchev–Trinajstić information content (AvgIpc) is 2.60. The Bertz CT molecular complexity index is 496.